The number of carbonyl (C=O) groups excluding carboxylic acids is 2. The molecular weight excluding hydrogens is 641 g/mol. The number of hydrogen-bond donors (Lipinski definition) is 1. The Morgan fingerprint density at radius 3 is 2.36 bits per heavy atom. The van der Waals surface area contributed by atoms with Crippen LogP contribution in [0.15, 0.2) is 59.2 Å². The Labute approximate surface area is 289 Å². The highest BCUT2D eigenvalue weighted by Gasteiger charge is 2.27. The van der Waals surface area contributed by atoms with Gasteiger partial charge in [-0.25, -0.2) is 9.18 Å². The molecule has 3 heterocycles. The highest BCUT2D eigenvalue weighted by molar-refractivity contribution is 6.04. The average Bonchev–Trinajstić information content (AvgIpc) is 3.45. The fraction of sp³-hybridized carbons (Fsp3) is 0.395. The number of nitrogens with zero attached hydrogens (tertiary/aromatic N) is 5. The molecule has 2 aromatic heterocycles. The number of aromatic carboxylic acids is 1. The monoisotopic (exact) mass is 683 g/mol. The second-order valence-corrected chi connectivity index (χ2v) is 12.4. The Hall–Kier alpha value is -5.44. The number of para-hydroxylation sites is 1. The van der Waals surface area contributed by atoms with Crippen LogP contribution in [0.25, 0.3) is 27.9 Å². The van der Waals surface area contributed by atoms with Gasteiger partial charge >= 0.3 is 11.9 Å². The van der Waals surface area contributed by atoms with Gasteiger partial charge in [0.25, 0.3) is 5.91 Å². The van der Waals surface area contributed by atoms with E-state index < -0.39 is 34.7 Å². The normalized spacial score (nSPS) is 13.5. The maximum atomic E-state index is 15.6. The number of halogens is 1. The highest BCUT2D eigenvalue weighted by atomic mass is 19.1. The molecule has 1 aliphatic heterocycles. The van der Waals surface area contributed by atoms with Crippen LogP contribution in [0.2, 0.25) is 0 Å². The summed E-state index contributed by atoms with van der Waals surface area (Å²) in [7, 11) is 0. The molecule has 12 heteroatoms. The number of piperazine rings is 1. The smallest absolute Gasteiger partial charge is 0.341 e. The fourth-order valence-electron chi connectivity index (χ4n) is 6.53. The van der Waals surface area contributed by atoms with E-state index in [0.29, 0.717) is 17.6 Å². The van der Waals surface area contributed by atoms with Gasteiger partial charge in [-0.2, -0.15) is 5.26 Å². The third kappa shape index (κ3) is 7.88. The van der Waals surface area contributed by atoms with Crippen molar-refractivity contribution in [2.75, 3.05) is 37.7 Å². The molecule has 5 rings (SSSR count). The number of nitriles is 1. The van der Waals surface area contributed by atoms with Crippen LogP contribution in [0.5, 0.6) is 0 Å². The van der Waals surface area contributed by atoms with Crippen molar-refractivity contribution in [1.29, 1.82) is 5.26 Å². The van der Waals surface area contributed by atoms with Gasteiger partial charge in [0.05, 0.1) is 17.8 Å². The number of esters is 1. The Balaban J connectivity index is 1.35. The molecule has 0 unspecified atom stereocenters. The number of aryl methyl sites for hydroxylation is 1. The third-order valence-corrected chi connectivity index (χ3v) is 9.11. The third-order valence-electron chi connectivity index (χ3n) is 9.11. The summed E-state index contributed by atoms with van der Waals surface area (Å²) in [6.07, 6.45) is 10.8. The number of pyridine rings is 1. The summed E-state index contributed by atoms with van der Waals surface area (Å²) in [6.45, 7) is 5.62. The molecule has 0 bridgehead atoms. The Morgan fingerprint density at radius 1 is 0.940 bits per heavy atom. The molecule has 1 fully saturated rings. The number of hydrogen-bond acceptors (Lipinski definition) is 7. The van der Waals surface area contributed by atoms with Crippen LogP contribution >= 0.6 is 0 Å². The molecule has 2 aromatic carbocycles. The van der Waals surface area contributed by atoms with Crippen LogP contribution in [-0.2, 0) is 27.4 Å². The number of unbranched alkanes of at least 4 members (excludes halogenated alkanes) is 5. The molecule has 4 aromatic rings. The molecule has 11 nitrogen and oxygen atoms in total. The summed E-state index contributed by atoms with van der Waals surface area (Å²) >= 11 is 0. The predicted octanol–water partition coefficient (Wildman–Crippen LogP) is 5.97. The van der Waals surface area contributed by atoms with Gasteiger partial charge in [0.1, 0.15) is 29.6 Å². The Bertz CT molecular complexity index is 2030. The molecule has 1 amide bonds. The zero-order valence-electron chi connectivity index (χ0n) is 28.5. The number of fused-ring (bicyclic) bond motifs is 2. The molecule has 0 aliphatic carbocycles. The summed E-state index contributed by atoms with van der Waals surface area (Å²) in [6, 6.07) is 12.1. The summed E-state index contributed by atoms with van der Waals surface area (Å²) in [5.74, 6) is -2.86. The molecule has 1 N–H and O–H groups in total. The SMILES string of the molecule is CCCCCCCCn1cc(C(=O)O)c(=O)c2cc(F)c(N3CCN(C(=O)/C(C#N)=C/c4cn(CC(=O)OCC)c5ccccc45)CC3)cc21. The molecule has 1 aliphatic rings. The first kappa shape index (κ1) is 35.9. The zero-order chi connectivity index (χ0) is 35.8. The minimum absolute atomic E-state index is 0.0124. The standard InChI is InChI=1S/C38H42FN5O6/c1-3-5-6-7-8-11-14-43-24-30(38(48)49)36(46)29-20-31(39)34(21-33(29)43)41-15-17-42(18-16-41)37(47)26(22-40)19-27-23-44(25-35(45)50-4-2)32-13-10-9-12-28(27)32/h9-10,12-13,19-21,23-24H,3-8,11,14-18,25H2,1-2H3,(H,48,49)/b26-19+. The number of ether oxygens (including phenoxy) is 1. The van der Waals surface area contributed by atoms with Gasteiger partial charge in [-0.1, -0.05) is 57.2 Å². The molecule has 1 saturated heterocycles. The summed E-state index contributed by atoms with van der Waals surface area (Å²) in [5.41, 5.74) is 0.903. The number of carboxylic acid groups (broad SMARTS) is 1. The van der Waals surface area contributed by atoms with Crippen molar-refractivity contribution < 1.29 is 28.6 Å². The molecular formula is C38H42FN5O6. The van der Waals surface area contributed by atoms with Crippen LogP contribution in [0.1, 0.15) is 68.3 Å². The zero-order valence-corrected chi connectivity index (χ0v) is 28.5. The van der Waals surface area contributed by atoms with Gasteiger partial charge in [-0.15, -0.1) is 0 Å². The van der Waals surface area contributed by atoms with Crippen molar-refractivity contribution in [3.63, 3.8) is 0 Å². The lowest BCUT2D eigenvalue weighted by molar-refractivity contribution is -0.143. The average molecular weight is 684 g/mol. The predicted molar refractivity (Wildman–Crippen MR) is 189 cm³/mol. The van der Waals surface area contributed by atoms with Crippen molar-refractivity contribution in [2.45, 2.75) is 65.5 Å². The van der Waals surface area contributed by atoms with E-state index in [1.807, 2.05) is 30.3 Å². The summed E-state index contributed by atoms with van der Waals surface area (Å²) < 4.78 is 24.2. The van der Waals surface area contributed by atoms with E-state index in [4.69, 9.17) is 4.74 Å². The lowest BCUT2D eigenvalue weighted by Gasteiger charge is -2.36. The van der Waals surface area contributed by atoms with Crippen LogP contribution in [0, 0.1) is 17.1 Å². The largest absolute Gasteiger partial charge is 0.477 e. The van der Waals surface area contributed by atoms with E-state index in [-0.39, 0.29) is 56.0 Å². The Kier molecular flexibility index (Phi) is 11.7. The number of amides is 1. The van der Waals surface area contributed by atoms with Crippen LogP contribution in [0.4, 0.5) is 10.1 Å². The van der Waals surface area contributed by atoms with Crippen molar-refractivity contribution in [2.24, 2.45) is 0 Å². The van der Waals surface area contributed by atoms with E-state index in [1.54, 1.807) is 38.1 Å². The number of carbonyl (C=O) groups is 3. The maximum Gasteiger partial charge on any atom is 0.341 e. The molecule has 0 atom stereocenters. The lowest BCUT2D eigenvalue weighted by atomic mass is 10.1. The summed E-state index contributed by atoms with van der Waals surface area (Å²) in [5, 5.41) is 20.4. The van der Waals surface area contributed by atoms with Crippen LogP contribution in [-0.4, -0.2) is 69.8 Å². The number of rotatable bonds is 14. The van der Waals surface area contributed by atoms with E-state index in [1.165, 1.54) is 12.3 Å². The highest BCUT2D eigenvalue weighted by Crippen LogP contribution is 2.28. The van der Waals surface area contributed by atoms with Crippen LogP contribution < -0.4 is 10.3 Å². The van der Waals surface area contributed by atoms with Crippen molar-refractivity contribution in [3.8, 4) is 6.07 Å². The van der Waals surface area contributed by atoms with Crippen LogP contribution in [0.3, 0.4) is 0 Å². The quantitative estimate of drug-likeness (QED) is 0.0743. The van der Waals surface area contributed by atoms with Crippen molar-refractivity contribution >= 4 is 51.4 Å². The first-order valence-corrected chi connectivity index (χ1v) is 17.2. The van der Waals surface area contributed by atoms with Gasteiger partial charge in [-0.3, -0.25) is 14.4 Å². The lowest BCUT2D eigenvalue weighted by Crippen LogP contribution is -2.49. The summed E-state index contributed by atoms with van der Waals surface area (Å²) in [4.78, 5) is 54.0. The first-order chi connectivity index (χ1) is 24.2. The van der Waals surface area contributed by atoms with Gasteiger partial charge in [0.15, 0.2) is 0 Å². The van der Waals surface area contributed by atoms with Gasteiger partial charge in [0.2, 0.25) is 5.43 Å². The molecule has 0 saturated carbocycles. The minimum Gasteiger partial charge on any atom is -0.477 e. The van der Waals surface area contributed by atoms with Gasteiger partial charge < -0.3 is 28.8 Å². The second kappa shape index (κ2) is 16.3. The molecule has 0 spiro atoms. The Morgan fingerprint density at radius 2 is 1.66 bits per heavy atom. The van der Waals surface area contributed by atoms with E-state index >= 15 is 4.39 Å². The fourth-order valence-corrected chi connectivity index (χ4v) is 6.53. The number of anilines is 1. The molecule has 50 heavy (non-hydrogen) atoms. The molecule has 0 radical (unpaired) electrons. The number of benzene rings is 2. The minimum atomic E-state index is -1.35. The first-order valence-electron chi connectivity index (χ1n) is 17.2. The maximum absolute atomic E-state index is 15.6. The van der Waals surface area contributed by atoms with Crippen molar-refractivity contribution in [3.05, 3.63) is 81.5 Å². The van der Waals surface area contributed by atoms with E-state index in [9.17, 15) is 29.5 Å². The number of carboxylic acids is 1. The van der Waals surface area contributed by atoms with E-state index in [0.717, 1.165) is 55.5 Å². The molecule has 262 valence electrons. The topological polar surface area (TPSA) is 138 Å². The van der Waals surface area contributed by atoms with Crippen molar-refractivity contribution in [1.82, 2.24) is 14.0 Å². The van der Waals surface area contributed by atoms with E-state index in [2.05, 4.69) is 6.92 Å². The second-order valence-electron chi connectivity index (χ2n) is 12.4. The van der Waals surface area contributed by atoms with Gasteiger partial charge in [0, 0.05) is 67.0 Å². The number of aromatic nitrogens is 2. The van der Waals surface area contributed by atoms with Gasteiger partial charge in [-0.05, 0) is 37.6 Å².